The molecule has 0 fully saturated rings. The second-order valence-corrected chi connectivity index (χ2v) is 9.59. The summed E-state index contributed by atoms with van der Waals surface area (Å²) in [5, 5.41) is 13.3. The maximum Gasteiger partial charge on any atom is 0.419 e. The van der Waals surface area contributed by atoms with Gasteiger partial charge in [-0.05, 0) is 57.9 Å². The van der Waals surface area contributed by atoms with Crippen LogP contribution < -0.4 is 10.1 Å². The van der Waals surface area contributed by atoms with E-state index in [0.29, 0.717) is 29.5 Å². The molecule has 0 bridgehead atoms. The minimum Gasteiger partial charge on any atom is -0.481 e. The zero-order chi connectivity index (χ0) is 25.9. The van der Waals surface area contributed by atoms with Crippen molar-refractivity contribution < 1.29 is 28.2 Å². The van der Waals surface area contributed by atoms with E-state index in [1.807, 2.05) is 16.0 Å². The number of imidazole rings is 1. The molecule has 0 unspecified atom stereocenters. The average molecular weight is 576 g/mol. The van der Waals surface area contributed by atoms with E-state index in [2.05, 4.69) is 32.6 Å². The quantitative estimate of drug-likeness (QED) is 0.228. The number of thiophene rings is 1. The first-order valence-corrected chi connectivity index (χ1v) is 12.4. The first kappa shape index (κ1) is 25.5. The van der Waals surface area contributed by atoms with Crippen molar-refractivity contribution in [1.29, 1.82) is 0 Å². The number of halogens is 3. The van der Waals surface area contributed by atoms with Crippen LogP contribution in [0, 0.1) is 0 Å². The molecule has 186 valence electrons. The van der Waals surface area contributed by atoms with Crippen molar-refractivity contribution in [2.75, 3.05) is 6.54 Å². The number of amides is 1. The van der Waals surface area contributed by atoms with Crippen molar-refractivity contribution in [2.45, 2.75) is 19.1 Å². The second kappa shape index (κ2) is 10.6. The fraction of sp³-hybridized carbons (Fsp3) is 0.160. The van der Waals surface area contributed by atoms with Gasteiger partial charge >= 0.3 is 12.1 Å². The van der Waals surface area contributed by atoms with Crippen LogP contribution in [-0.2, 0) is 11.3 Å². The molecule has 11 heteroatoms. The summed E-state index contributed by atoms with van der Waals surface area (Å²) in [5.41, 5.74) is 2.55. The number of aromatic nitrogens is 2. The molecule has 0 spiro atoms. The topological polar surface area (TPSA) is 93.5 Å². The lowest BCUT2D eigenvalue weighted by molar-refractivity contribution is -0.136. The maximum absolute atomic E-state index is 13.4. The van der Waals surface area contributed by atoms with Gasteiger partial charge < -0.3 is 19.7 Å². The van der Waals surface area contributed by atoms with E-state index in [1.165, 1.54) is 23.5 Å². The fourth-order valence-electron chi connectivity index (χ4n) is 3.48. The summed E-state index contributed by atoms with van der Waals surface area (Å²) in [6.07, 6.45) is -3.20. The average Bonchev–Trinajstić information content (AvgIpc) is 3.43. The third-order valence-corrected chi connectivity index (χ3v) is 6.87. The Bertz CT molecular complexity index is 1430. The predicted octanol–water partition coefficient (Wildman–Crippen LogP) is 5.94. The molecule has 4 rings (SSSR count). The van der Waals surface area contributed by atoms with Crippen LogP contribution in [0.15, 0.2) is 71.0 Å². The number of fused-ring (bicyclic) bond motifs is 1. The highest BCUT2D eigenvalue weighted by atomic mass is 79.9. The molecule has 0 radical (unpaired) electrons. The van der Waals surface area contributed by atoms with Crippen LogP contribution in [0.5, 0.6) is 5.75 Å². The number of carboxylic acids is 1. The Morgan fingerprint density at radius 3 is 2.61 bits per heavy atom. The van der Waals surface area contributed by atoms with Crippen LogP contribution in [0.3, 0.4) is 0 Å². The third kappa shape index (κ3) is 5.97. The van der Waals surface area contributed by atoms with Gasteiger partial charge in [-0.2, -0.15) is 8.78 Å². The fourth-order valence-corrected chi connectivity index (χ4v) is 4.90. The molecular formula is C25H20BrF2N3O4S. The monoisotopic (exact) mass is 575 g/mol. The highest BCUT2D eigenvalue weighted by molar-refractivity contribution is 9.10. The summed E-state index contributed by atoms with van der Waals surface area (Å²) in [6.45, 7) is 3.48. The molecule has 0 saturated heterocycles. The highest BCUT2D eigenvalue weighted by Crippen LogP contribution is 2.33. The van der Waals surface area contributed by atoms with Crippen molar-refractivity contribution in [3.63, 3.8) is 0 Å². The van der Waals surface area contributed by atoms with E-state index in [-0.39, 0.29) is 24.6 Å². The molecule has 0 saturated carbocycles. The van der Waals surface area contributed by atoms with Gasteiger partial charge in [0.1, 0.15) is 5.75 Å². The lowest BCUT2D eigenvalue weighted by atomic mass is 10.1. The summed E-state index contributed by atoms with van der Waals surface area (Å²) < 4.78 is 34.4. The number of aliphatic carboxylic acids is 1. The molecule has 0 atom stereocenters. The molecule has 7 nitrogen and oxygen atoms in total. The Balaban J connectivity index is 1.66. The summed E-state index contributed by atoms with van der Waals surface area (Å²) in [6, 6.07) is 13.3. The molecule has 2 heterocycles. The smallest absolute Gasteiger partial charge is 0.419 e. The molecule has 36 heavy (non-hydrogen) atoms. The van der Waals surface area contributed by atoms with Gasteiger partial charge in [-0.25, -0.2) is 4.98 Å². The summed E-state index contributed by atoms with van der Waals surface area (Å²) in [4.78, 5) is 28.8. The minimum absolute atomic E-state index is 0.0140. The molecule has 2 aromatic heterocycles. The number of hydrogen-bond acceptors (Lipinski definition) is 5. The van der Waals surface area contributed by atoms with Gasteiger partial charge in [-0.3, -0.25) is 9.59 Å². The van der Waals surface area contributed by atoms with Crippen LogP contribution in [0.4, 0.5) is 8.78 Å². The van der Waals surface area contributed by atoms with E-state index in [4.69, 9.17) is 10.1 Å². The summed E-state index contributed by atoms with van der Waals surface area (Å²) in [5.74, 6) is -0.687. The lowest BCUT2D eigenvalue weighted by Gasteiger charge is -2.14. The van der Waals surface area contributed by atoms with Crippen LogP contribution >= 0.6 is 27.3 Å². The van der Waals surface area contributed by atoms with Crippen LogP contribution in [0.25, 0.3) is 21.7 Å². The molecule has 2 aromatic carbocycles. The number of carboxylic acid groups (broad SMARTS) is 1. The number of nitrogens with zero attached hydrogens (tertiary/aromatic N) is 2. The van der Waals surface area contributed by atoms with Crippen molar-refractivity contribution in [3.05, 3.63) is 82.2 Å². The number of ether oxygens (including phenoxy) is 1. The Labute approximate surface area is 217 Å². The largest absolute Gasteiger partial charge is 0.481 e. The van der Waals surface area contributed by atoms with Crippen molar-refractivity contribution in [2.24, 2.45) is 0 Å². The molecule has 0 aliphatic rings. The SMILES string of the molecule is C=CC(F)(F)Oc1ccc(Cn2c(-c3cc(Br)cs3)nc3cc(C(=O)NCCC(=O)O)ccc32)cc1. The Morgan fingerprint density at radius 1 is 1.22 bits per heavy atom. The second-order valence-electron chi connectivity index (χ2n) is 7.77. The minimum atomic E-state index is -3.46. The van der Waals surface area contributed by atoms with Crippen LogP contribution in [0.1, 0.15) is 22.3 Å². The highest BCUT2D eigenvalue weighted by Gasteiger charge is 2.26. The van der Waals surface area contributed by atoms with Gasteiger partial charge in [0.15, 0.2) is 5.82 Å². The van der Waals surface area contributed by atoms with Gasteiger partial charge in [0.05, 0.1) is 22.3 Å². The van der Waals surface area contributed by atoms with Gasteiger partial charge in [0.25, 0.3) is 5.91 Å². The molecular weight excluding hydrogens is 556 g/mol. The Morgan fingerprint density at radius 2 is 1.97 bits per heavy atom. The number of hydrogen-bond donors (Lipinski definition) is 2. The molecule has 4 aromatic rings. The number of carbonyl (C=O) groups is 2. The summed E-state index contributed by atoms with van der Waals surface area (Å²) >= 11 is 4.96. The van der Waals surface area contributed by atoms with Crippen LogP contribution in [0.2, 0.25) is 0 Å². The normalized spacial score (nSPS) is 11.4. The number of nitrogens with one attached hydrogen (secondary N) is 1. The number of benzene rings is 2. The summed E-state index contributed by atoms with van der Waals surface area (Å²) in [7, 11) is 0. The van der Waals surface area contributed by atoms with E-state index < -0.39 is 12.1 Å². The predicted molar refractivity (Wildman–Crippen MR) is 137 cm³/mol. The van der Waals surface area contributed by atoms with Gasteiger partial charge in [0.2, 0.25) is 0 Å². The standard InChI is InChI=1S/C25H20BrF2N3O4S/c1-2-25(27,28)35-18-6-3-15(4-7-18)13-31-20-8-5-16(24(34)29-10-9-22(32)33)11-19(20)30-23(31)21-12-17(26)14-36-21/h2-8,11-12,14H,1,9-10,13H2,(H,29,34)(H,32,33). The first-order chi connectivity index (χ1) is 17.1. The van der Waals surface area contributed by atoms with E-state index in [0.717, 1.165) is 20.4 Å². The van der Waals surface area contributed by atoms with Crippen LogP contribution in [-0.4, -0.2) is 39.2 Å². The molecule has 2 N–H and O–H groups in total. The van der Waals surface area contributed by atoms with Crippen molar-refractivity contribution >= 4 is 50.2 Å². The van der Waals surface area contributed by atoms with E-state index in [1.54, 1.807) is 30.3 Å². The lowest BCUT2D eigenvalue weighted by Crippen LogP contribution is -2.25. The molecule has 0 aliphatic carbocycles. The van der Waals surface area contributed by atoms with Gasteiger partial charge in [-0.1, -0.05) is 18.7 Å². The number of carbonyl (C=O) groups excluding carboxylic acids is 1. The Kier molecular flexibility index (Phi) is 7.51. The van der Waals surface area contributed by atoms with Gasteiger partial charge in [0, 0.05) is 34.6 Å². The zero-order valence-corrected chi connectivity index (χ0v) is 21.1. The third-order valence-electron chi connectivity index (χ3n) is 5.18. The van der Waals surface area contributed by atoms with Crippen molar-refractivity contribution in [3.8, 4) is 16.5 Å². The van der Waals surface area contributed by atoms with Crippen molar-refractivity contribution in [1.82, 2.24) is 14.9 Å². The zero-order valence-electron chi connectivity index (χ0n) is 18.7. The Hall–Kier alpha value is -3.57. The number of alkyl halides is 2. The van der Waals surface area contributed by atoms with Gasteiger partial charge in [-0.15, -0.1) is 11.3 Å². The first-order valence-electron chi connectivity index (χ1n) is 10.7. The van der Waals surface area contributed by atoms with E-state index in [9.17, 15) is 18.4 Å². The maximum atomic E-state index is 13.4. The molecule has 1 amide bonds. The molecule has 0 aliphatic heterocycles. The number of rotatable bonds is 10. The van der Waals surface area contributed by atoms with E-state index >= 15 is 0 Å².